The van der Waals surface area contributed by atoms with Gasteiger partial charge in [-0.3, -0.25) is 9.59 Å². The standard InChI is InChI=1S/C24H16BrNO2/c1-14-17-11-12-26(13-15-5-7-16(25)8-6-15)19-4-2-3-18(23(17)19)24-21(28)10-9-20(27)22(14)24/h2-12H,13H2,1H3. The summed E-state index contributed by atoms with van der Waals surface area (Å²) in [6, 6.07) is 14.2. The number of carbonyl (C=O) groups is 2. The van der Waals surface area contributed by atoms with E-state index in [1.54, 1.807) is 0 Å². The fourth-order valence-electron chi connectivity index (χ4n) is 4.17. The van der Waals surface area contributed by atoms with Crippen LogP contribution in [0.4, 0.5) is 5.69 Å². The number of hydrogen-bond donors (Lipinski definition) is 0. The Balaban J connectivity index is 1.73. The topological polar surface area (TPSA) is 37.4 Å². The molecule has 0 fully saturated rings. The minimum Gasteiger partial charge on any atom is -0.343 e. The molecule has 3 aromatic carbocycles. The van der Waals surface area contributed by atoms with Crippen LogP contribution in [0.1, 0.15) is 37.4 Å². The number of carbonyl (C=O) groups excluding carboxylic acids is 2. The highest BCUT2D eigenvalue weighted by Crippen LogP contribution is 2.41. The molecule has 3 nitrogen and oxygen atoms in total. The van der Waals surface area contributed by atoms with Crippen molar-refractivity contribution < 1.29 is 9.59 Å². The summed E-state index contributed by atoms with van der Waals surface area (Å²) in [5, 5.41) is 1.88. The van der Waals surface area contributed by atoms with E-state index < -0.39 is 0 Å². The van der Waals surface area contributed by atoms with Gasteiger partial charge in [-0.2, -0.15) is 0 Å². The van der Waals surface area contributed by atoms with Crippen LogP contribution in [0.2, 0.25) is 0 Å². The number of anilines is 1. The molecule has 5 rings (SSSR count). The predicted molar refractivity (Wildman–Crippen MR) is 116 cm³/mol. The molecule has 136 valence electrons. The second-order valence-corrected chi connectivity index (χ2v) is 8.04. The number of benzene rings is 3. The van der Waals surface area contributed by atoms with Gasteiger partial charge in [0.05, 0.1) is 0 Å². The maximum atomic E-state index is 12.7. The highest BCUT2D eigenvalue weighted by atomic mass is 79.9. The molecule has 1 heterocycles. The van der Waals surface area contributed by atoms with Crippen LogP contribution >= 0.6 is 15.9 Å². The molecule has 0 bridgehead atoms. The summed E-state index contributed by atoms with van der Waals surface area (Å²) >= 11 is 3.48. The predicted octanol–water partition coefficient (Wildman–Crippen LogP) is 5.84. The number of halogens is 1. The van der Waals surface area contributed by atoms with Crippen LogP contribution in [-0.4, -0.2) is 11.6 Å². The quantitative estimate of drug-likeness (QED) is 0.513. The SMILES string of the molecule is Cc1c2c(c3cccc4c3c1C=CN4Cc1ccc(Br)cc1)C(=O)C=CC2=O. The Hall–Kier alpha value is -2.98. The number of allylic oxidation sites excluding steroid dienone is 2. The lowest BCUT2D eigenvalue weighted by Crippen LogP contribution is -2.21. The maximum Gasteiger partial charge on any atom is 0.187 e. The Morgan fingerprint density at radius 3 is 2.36 bits per heavy atom. The summed E-state index contributed by atoms with van der Waals surface area (Å²) in [6.07, 6.45) is 6.88. The van der Waals surface area contributed by atoms with Crippen molar-refractivity contribution in [2.75, 3.05) is 4.90 Å². The fourth-order valence-corrected chi connectivity index (χ4v) is 4.44. The average molecular weight is 430 g/mol. The fraction of sp³-hybridized carbons (Fsp3) is 0.0833. The first-order valence-electron chi connectivity index (χ1n) is 9.10. The number of hydrogen-bond acceptors (Lipinski definition) is 3. The normalized spacial score (nSPS) is 14.7. The van der Waals surface area contributed by atoms with Gasteiger partial charge >= 0.3 is 0 Å². The largest absolute Gasteiger partial charge is 0.343 e. The average Bonchev–Trinajstić information content (AvgIpc) is 2.70. The Morgan fingerprint density at radius 2 is 1.61 bits per heavy atom. The number of rotatable bonds is 2. The van der Waals surface area contributed by atoms with E-state index in [4.69, 9.17) is 0 Å². The molecule has 3 aromatic rings. The molecular formula is C24H16BrNO2. The van der Waals surface area contributed by atoms with Crippen molar-refractivity contribution >= 4 is 50.0 Å². The van der Waals surface area contributed by atoms with Gasteiger partial charge in [-0.1, -0.05) is 40.2 Å². The molecule has 0 N–H and O–H groups in total. The first-order valence-corrected chi connectivity index (χ1v) is 9.89. The van der Waals surface area contributed by atoms with Gasteiger partial charge in [0.1, 0.15) is 0 Å². The van der Waals surface area contributed by atoms with E-state index in [1.807, 2.05) is 31.2 Å². The van der Waals surface area contributed by atoms with E-state index in [1.165, 1.54) is 17.7 Å². The number of ketones is 2. The lowest BCUT2D eigenvalue weighted by Gasteiger charge is -2.29. The third-order valence-corrected chi connectivity index (χ3v) is 6.01. The molecule has 0 unspecified atom stereocenters. The minimum atomic E-state index is -0.101. The highest BCUT2D eigenvalue weighted by Gasteiger charge is 2.28. The molecule has 1 aliphatic heterocycles. The summed E-state index contributed by atoms with van der Waals surface area (Å²) in [5.41, 5.74) is 5.21. The van der Waals surface area contributed by atoms with Gasteiger partial charge in [0, 0.05) is 39.4 Å². The van der Waals surface area contributed by atoms with Crippen molar-refractivity contribution in [3.8, 4) is 0 Å². The van der Waals surface area contributed by atoms with Crippen LogP contribution < -0.4 is 4.90 Å². The summed E-state index contributed by atoms with van der Waals surface area (Å²) in [6.45, 7) is 2.66. The molecule has 0 spiro atoms. The number of fused-ring (bicyclic) bond motifs is 2. The molecule has 0 aromatic heterocycles. The molecule has 0 saturated carbocycles. The smallest absolute Gasteiger partial charge is 0.187 e. The summed E-state index contributed by atoms with van der Waals surface area (Å²) in [5.74, 6) is -0.197. The summed E-state index contributed by atoms with van der Waals surface area (Å²) in [4.78, 5) is 27.4. The van der Waals surface area contributed by atoms with E-state index in [-0.39, 0.29) is 11.6 Å². The molecule has 0 amide bonds. The Kier molecular flexibility index (Phi) is 3.84. The van der Waals surface area contributed by atoms with Crippen molar-refractivity contribution in [3.05, 3.63) is 93.1 Å². The van der Waals surface area contributed by atoms with Crippen molar-refractivity contribution in [2.45, 2.75) is 13.5 Å². The Labute approximate surface area is 171 Å². The third kappa shape index (κ3) is 2.49. The van der Waals surface area contributed by atoms with Crippen LogP contribution in [0.15, 0.2) is 65.3 Å². The van der Waals surface area contributed by atoms with Crippen LogP contribution in [0, 0.1) is 6.92 Å². The summed E-state index contributed by atoms with van der Waals surface area (Å²) < 4.78 is 1.05. The van der Waals surface area contributed by atoms with E-state index in [0.717, 1.165) is 38.6 Å². The van der Waals surface area contributed by atoms with Gasteiger partial charge in [0.15, 0.2) is 11.6 Å². The molecule has 4 heteroatoms. The Morgan fingerprint density at radius 1 is 0.893 bits per heavy atom. The van der Waals surface area contributed by atoms with Gasteiger partial charge in [0.25, 0.3) is 0 Å². The van der Waals surface area contributed by atoms with Crippen LogP contribution in [0.5, 0.6) is 0 Å². The van der Waals surface area contributed by atoms with E-state index >= 15 is 0 Å². The monoisotopic (exact) mass is 429 g/mol. The molecule has 0 radical (unpaired) electrons. The molecule has 0 atom stereocenters. The Bertz CT molecular complexity index is 1240. The molecule has 28 heavy (non-hydrogen) atoms. The highest BCUT2D eigenvalue weighted by molar-refractivity contribution is 9.10. The zero-order chi connectivity index (χ0) is 19.4. The molecule has 1 aliphatic carbocycles. The third-order valence-electron chi connectivity index (χ3n) is 5.49. The van der Waals surface area contributed by atoms with E-state index in [9.17, 15) is 9.59 Å². The second kappa shape index (κ2) is 6.28. The zero-order valence-electron chi connectivity index (χ0n) is 15.2. The van der Waals surface area contributed by atoms with Crippen LogP contribution in [-0.2, 0) is 6.54 Å². The maximum absolute atomic E-state index is 12.7. The summed E-state index contributed by atoms with van der Waals surface area (Å²) in [7, 11) is 0. The molecular weight excluding hydrogens is 414 g/mol. The van der Waals surface area contributed by atoms with Crippen molar-refractivity contribution in [1.29, 1.82) is 0 Å². The molecule has 2 aliphatic rings. The molecule has 0 saturated heterocycles. The van der Waals surface area contributed by atoms with Crippen molar-refractivity contribution in [2.24, 2.45) is 0 Å². The van der Waals surface area contributed by atoms with Crippen molar-refractivity contribution in [1.82, 2.24) is 0 Å². The lowest BCUT2D eigenvalue weighted by atomic mass is 9.82. The van der Waals surface area contributed by atoms with Gasteiger partial charge in [-0.05, 0) is 65.4 Å². The van der Waals surface area contributed by atoms with Gasteiger partial charge in [-0.25, -0.2) is 0 Å². The zero-order valence-corrected chi connectivity index (χ0v) is 16.8. The minimum absolute atomic E-state index is 0.0960. The van der Waals surface area contributed by atoms with E-state index in [2.05, 4.69) is 51.3 Å². The van der Waals surface area contributed by atoms with Crippen LogP contribution in [0.25, 0.3) is 16.8 Å². The number of nitrogens with zero attached hydrogens (tertiary/aromatic N) is 1. The second-order valence-electron chi connectivity index (χ2n) is 7.12. The van der Waals surface area contributed by atoms with Gasteiger partial charge < -0.3 is 4.90 Å². The lowest BCUT2D eigenvalue weighted by molar-refractivity contribution is 0.0995. The van der Waals surface area contributed by atoms with Crippen molar-refractivity contribution in [3.63, 3.8) is 0 Å². The van der Waals surface area contributed by atoms with Gasteiger partial charge in [0.2, 0.25) is 0 Å². The van der Waals surface area contributed by atoms with Gasteiger partial charge in [-0.15, -0.1) is 0 Å². The first-order chi connectivity index (χ1) is 13.5. The van der Waals surface area contributed by atoms with Crippen LogP contribution in [0.3, 0.4) is 0 Å². The first kappa shape index (κ1) is 17.1. The van der Waals surface area contributed by atoms with E-state index in [0.29, 0.717) is 11.1 Å².